The molecular weight excluding hydrogens is 182 g/mol. The van der Waals surface area contributed by atoms with Crippen molar-refractivity contribution in [2.45, 2.75) is 65.8 Å². The van der Waals surface area contributed by atoms with Gasteiger partial charge in [0.25, 0.3) is 0 Å². The summed E-state index contributed by atoms with van der Waals surface area (Å²) in [4.78, 5) is 0. The Morgan fingerprint density at radius 3 is 2.20 bits per heavy atom. The molecule has 1 saturated carbocycles. The molecule has 0 saturated heterocycles. The van der Waals surface area contributed by atoms with E-state index in [2.05, 4.69) is 27.7 Å². The van der Waals surface area contributed by atoms with Crippen LogP contribution in [0.4, 0.5) is 0 Å². The van der Waals surface area contributed by atoms with Gasteiger partial charge in [-0.25, -0.2) is 0 Å². The van der Waals surface area contributed by atoms with Gasteiger partial charge in [-0.05, 0) is 42.9 Å². The van der Waals surface area contributed by atoms with Crippen LogP contribution < -0.4 is 5.73 Å². The maximum Gasteiger partial charge on any atom is 0.00700 e. The molecule has 0 radical (unpaired) electrons. The Morgan fingerprint density at radius 1 is 1.13 bits per heavy atom. The zero-order valence-corrected chi connectivity index (χ0v) is 11.0. The first kappa shape index (κ1) is 13.0. The molecule has 0 aromatic rings. The van der Waals surface area contributed by atoms with Crippen molar-refractivity contribution in [1.82, 2.24) is 0 Å². The monoisotopic (exact) mass is 211 g/mol. The van der Waals surface area contributed by atoms with Crippen molar-refractivity contribution in [2.75, 3.05) is 0 Å². The Hall–Kier alpha value is -0.0400. The fraction of sp³-hybridized carbons (Fsp3) is 1.00. The molecule has 0 aromatic heterocycles. The third-order valence-corrected chi connectivity index (χ3v) is 4.59. The Bertz CT molecular complexity index is 172. The van der Waals surface area contributed by atoms with Crippen LogP contribution in [0.25, 0.3) is 0 Å². The third-order valence-electron chi connectivity index (χ3n) is 4.59. The van der Waals surface area contributed by atoms with Crippen LogP contribution in [0.5, 0.6) is 0 Å². The van der Waals surface area contributed by atoms with E-state index in [0.29, 0.717) is 6.04 Å². The van der Waals surface area contributed by atoms with E-state index in [1.165, 1.54) is 32.1 Å². The molecule has 0 heterocycles. The van der Waals surface area contributed by atoms with Crippen LogP contribution in [0.1, 0.15) is 59.8 Å². The highest BCUT2D eigenvalue weighted by Crippen LogP contribution is 2.38. The SMILES string of the molecule is CCC(CC)C1CC(C(C)C)CCC1N. The molecule has 0 bridgehead atoms. The zero-order chi connectivity index (χ0) is 11.4. The minimum absolute atomic E-state index is 0.477. The molecule has 3 unspecified atom stereocenters. The quantitative estimate of drug-likeness (QED) is 0.751. The lowest BCUT2D eigenvalue weighted by atomic mass is 9.68. The Labute approximate surface area is 95.8 Å². The van der Waals surface area contributed by atoms with Gasteiger partial charge in [-0.15, -0.1) is 0 Å². The van der Waals surface area contributed by atoms with Crippen molar-refractivity contribution >= 4 is 0 Å². The Morgan fingerprint density at radius 2 is 1.73 bits per heavy atom. The van der Waals surface area contributed by atoms with E-state index in [0.717, 1.165) is 23.7 Å². The number of rotatable bonds is 4. The molecule has 2 N–H and O–H groups in total. The van der Waals surface area contributed by atoms with Gasteiger partial charge in [-0.2, -0.15) is 0 Å². The average Bonchev–Trinajstić information content (AvgIpc) is 2.22. The van der Waals surface area contributed by atoms with Crippen LogP contribution in [-0.4, -0.2) is 6.04 Å². The summed E-state index contributed by atoms with van der Waals surface area (Å²) in [5.41, 5.74) is 6.29. The predicted molar refractivity (Wildman–Crippen MR) is 67.7 cm³/mol. The van der Waals surface area contributed by atoms with E-state index in [1.807, 2.05) is 0 Å². The van der Waals surface area contributed by atoms with Crippen molar-refractivity contribution < 1.29 is 0 Å². The van der Waals surface area contributed by atoms with Gasteiger partial charge in [0.2, 0.25) is 0 Å². The molecule has 1 rings (SSSR count). The summed E-state index contributed by atoms with van der Waals surface area (Å²) >= 11 is 0. The molecular formula is C14H29N. The normalized spacial score (nSPS) is 32.6. The Balaban J connectivity index is 2.60. The second-order valence-electron chi connectivity index (χ2n) is 5.72. The highest BCUT2D eigenvalue weighted by Gasteiger charge is 2.33. The predicted octanol–water partition coefficient (Wildman–Crippen LogP) is 3.82. The van der Waals surface area contributed by atoms with Gasteiger partial charge in [0, 0.05) is 6.04 Å². The van der Waals surface area contributed by atoms with Crippen LogP contribution in [0.15, 0.2) is 0 Å². The first-order valence-corrected chi connectivity index (χ1v) is 6.85. The van der Waals surface area contributed by atoms with E-state index >= 15 is 0 Å². The van der Waals surface area contributed by atoms with Gasteiger partial charge in [0.05, 0.1) is 0 Å². The molecule has 0 spiro atoms. The molecule has 1 fully saturated rings. The lowest BCUT2D eigenvalue weighted by Gasteiger charge is -2.40. The third kappa shape index (κ3) is 3.21. The fourth-order valence-corrected chi connectivity index (χ4v) is 3.30. The van der Waals surface area contributed by atoms with Crippen LogP contribution in [0, 0.1) is 23.7 Å². The first-order chi connectivity index (χ1) is 7.10. The van der Waals surface area contributed by atoms with E-state index in [1.54, 1.807) is 0 Å². The highest BCUT2D eigenvalue weighted by atomic mass is 14.7. The zero-order valence-electron chi connectivity index (χ0n) is 11.0. The summed E-state index contributed by atoms with van der Waals surface area (Å²) < 4.78 is 0. The largest absolute Gasteiger partial charge is 0.327 e. The molecule has 0 aromatic carbocycles. The standard InChI is InChI=1S/C14H29N/c1-5-11(6-2)13-9-12(10(3)4)7-8-14(13)15/h10-14H,5-9,15H2,1-4H3. The van der Waals surface area contributed by atoms with E-state index in [-0.39, 0.29) is 0 Å². The summed E-state index contributed by atoms with van der Waals surface area (Å²) in [6, 6.07) is 0.477. The lowest BCUT2D eigenvalue weighted by molar-refractivity contribution is 0.134. The molecule has 1 heteroatoms. The Kier molecular flexibility index (Phi) is 5.11. The van der Waals surface area contributed by atoms with Gasteiger partial charge in [0.15, 0.2) is 0 Å². The van der Waals surface area contributed by atoms with Crippen LogP contribution in [-0.2, 0) is 0 Å². The van der Waals surface area contributed by atoms with Crippen molar-refractivity contribution in [3.63, 3.8) is 0 Å². The van der Waals surface area contributed by atoms with Crippen molar-refractivity contribution in [3.8, 4) is 0 Å². The maximum absolute atomic E-state index is 6.29. The van der Waals surface area contributed by atoms with Gasteiger partial charge in [-0.1, -0.05) is 40.5 Å². The van der Waals surface area contributed by atoms with Crippen LogP contribution in [0.3, 0.4) is 0 Å². The van der Waals surface area contributed by atoms with E-state index < -0.39 is 0 Å². The number of hydrogen-bond acceptors (Lipinski definition) is 1. The topological polar surface area (TPSA) is 26.0 Å². The lowest BCUT2D eigenvalue weighted by Crippen LogP contribution is -2.41. The van der Waals surface area contributed by atoms with Gasteiger partial charge < -0.3 is 5.73 Å². The molecule has 1 aliphatic rings. The minimum Gasteiger partial charge on any atom is -0.327 e. The second-order valence-corrected chi connectivity index (χ2v) is 5.72. The summed E-state index contributed by atoms with van der Waals surface area (Å²) in [5.74, 6) is 3.42. The van der Waals surface area contributed by atoms with Gasteiger partial charge >= 0.3 is 0 Å². The van der Waals surface area contributed by atoms with Gasteiger partial charge in [-0.3, -0.25) is 0 Å². The van der Waals surface area contributed by atoms with Crippen molar-refractivity contribution in [1.29, 1.82) is 0 Å². The maximum atomic E-state index is 6.29. The molecule has 0 amide bonds. The van der Waals surface area contributed by atoms with Crippen molar-refractivity contribution in [3.05, 3.63) is 0 Å². The molecule has 15 heavy (non-hydrogen) atoms. The summed E-state index contributed by atoms with van der Waals surface area (Å²) in [7, 11) is 0. The minimum atomic E-state index is 0.477. The number of nitrogens with two attached hydrogens (primary N) is 1. The molecule has 1 nitrogen and oxygen atoms in total. The number of hydrogen-bond donors (Lipinski definition) is 1. The summed E-state index contributed by atoms with van der Waals surface area (Å²) in [6.07, 6.45) is 6.60. The molecule has 0 aliphatic heterocycles. The van der Waals surface area contributed by atoms with E-state index in [9.17, 15) is 0 Å². The van der Waals surface area contributed by atoms with Crippen LogP contribution >= 0.6 is 0 Å². The fourth-order valence-electron chi connectivity index (χ4n) is 3.30. The molecule has 90 valence electrons. The first-order valence-electron chi connectivity index (χ1n) is 6.85. The van der Waals surface area contributed by atoms with Crippen LogP contribution in [0.2, 0.25) is 0 Å². The van der Waals surface area contributed by atoms with E-state index in [4.69, 9.17) is 5.73 Å². The molecule has 3 atom stereocenters. The smallest absolute Gasteiger partial charge is 0.00700 e. The molecule has 1 aliphatic carbocycles. The summed E-state index contributed by atoms with van der Waals surface area (Å²) in [6.45, 7) is 9.37. The van der Waals surface area contributed by atoms with Crippen molar-refractivity contribution in [2.24, 2.45) is 29.4 Å². The van der Waals surface area contributed by atoms with Gasteiger partial charge in [0.1, 0.15) is 0 Å². The highest BCUT2D eigenvalue weighted by molar-refractivity contribution is 4.86. The average molecular weight is 211 g/mol. The second kappa shape index (κ2) is 5.89. The summed E-state index contributed by atoms with van der Waals surface area (Å²) in [5, 5.41) is 0.